The zero-order chi connectivity index (χ0) is 21.0. The van der Waals surface area contributed by atoms with Crippen LogP contribution < -0.4 is 20.3 Å². The quantitative estimate of drug-likeness (QED) is 0.691. The van der Waals surface area contributed by atoms with Crippen molar-refractivity contribution < 1.29 is 18.7 Å². The summed E-state index contributed by atoms with van der Waals surface area (Å²) >= 11 is 0. The number of aromatic nitrogens is 2. The van der Waals surface area contributed by atoms with Gasteiger partial charge in [0.25, 0.3) is 5.56 Å². The van der Waals surface area contributed by atoms with Crippen molar-refractivity contribution in [3.05, 3.63) is 70.4 Å². The van der Waals surface area contributed by atoms with Crippen LogP contribution in [0.1, 0.15) is 5.69 Å². The number of amides is 1. The van der Waals surface area contributed by atoms with Crippen molar-refractivity contribution in [3.63, 3.8) is 0 Å². The fourth-order valence-electron chi connectivity index (χ4n) is 2.85. The Morgan fingerprint density at radius 1 is 1.07 bits per heavy atom. The predicted molar refractivity (Wildman–Crippen MR) is 107 cm³/mol. The molecule has 3 rings (SSSR count). The Morgan fingerprint density at radius 2 is 1.76 bits per heavy atom. The van der Waals surface area contributed by atoms with Crippen LogP contribution in [-0.2, 0) is 11.3 Å². The molecule has 1 amide bonds. The summed E-state index contributed by atoms with van der Waals surface area (Å²) in [5.74, 6) is 0.460. The highest BCUT2D eigenvalue weighted by Crippen LogP contribution is 2.29. The summed E-state index contributed by atoms with van der Waals surface area (Å²) in [7, 11) is 3.01. The first-order chi connectivity index (χ1) is 13.9. The maximum absolute atomic E-state index is 13.3. The second-order valence-electron chi connectivity index (χ2n) is 6.27. The molecule has 2 aromatic carbocycles. The van der Waals surface area contributed by atoms with Crippen molar-refractivity contribution in [2.24, 2.45) is 0 Å². The lowest BCUT2D eigenvalue weighted by atomic mass is 10.2. The summed E-state index contributed by atoms with van der Waals surface area (Å²) in [4.78, 5) is 29.5. The molecule has 29 heavy (non-hydrogen) atoms. The van der Waals surface area contributed by atoms with Gasteiger partial charge in [0.1, 0.15) is 18.2 Å². The molecule has 0 spiro atoms. The molecule has 150 valence electrons. The van der Waals surface area contributed by atoms with E-state index in [0.29, 0.717) is 28.4 Å². The van der Waals surface area contributed by atoms with Gasteiger partial charge in [0, 0.05) is 29.1 Å². The van der Waals surface area contributed by atoms with Crippen LogP contribution in [0.25, 0.3) is 11.4 Å². The number of methoxy groups -OCH3 is 2. The van der Waals surface area contributed by atoms with E-state index in [2.05, 4.69) is 10.3 Å². The van der Waals surface area contributed by atoms with E-state index in [1.807, 2.05) is 0 Å². The summed E-state index contributed by atoms with van der Waals surface area (Å²) in [5.41, 5.74) is 1.15. The first kappa shape index (κ1) is 20.1. The maximum atomic E-state index is 13.3. The molecule has 7 nitrogen and oxygen atoms in total. The summed E-state index contributed by atoms with van der Waals surface area (Å²) in [5, 5.41) is 2.72. The number of hydrogen-bond donors (Lipinski definition) is 1. The zero-order valence-corrected chi connectivity index (χ0v) is 16.2. The third kappa shape index (κ3) is 4.60. The van der Waals surface area contributed by atoms with Gasteiger partial charge in [-0.25, -0.2) is 9.37 Å². The third-order valence-corrected chi connectivity index (χ3v) is 4.21. The highest BCUT2D eigenvalue weighted by atomic mass is 19.1. The number of halogens is 1. The van der Waals surface area contributed by atoms with E-state index in [9.17, 15) is 14.0 Å². The zero-order valence-electron chi connectivity index (χ0n) is 16.2. The van der Waals surface area contributed by atoms with Gasteiger partial charge in [-0.05, 0) is 43.3 Å². The normalized spacial score (nSPS) is 10.5. The minimum absolute atomic E-state index is 0.257. The molecule has 1 N–H and O–H groups in total. The number of carbonyl (C=O) groups excluding carboxylic acids is 1. The lowest BCUT2D eigenvalue weighted by molar-refractivity contribution is -0.116. The number of ether oxygens (including phenoxy) is 2. The molecule has 0 atom stereocenters. The molecule has 3 aromatic rings. The second kappa shape index (κ2) is 8.55. The Kier molecular flexibility index (Phi) is 5.92. The van der Waals surface area contributed by atoms with Gasteiger partial charge in [0.2, 0.25) is 5.91 Å². The minimum atomic E-state index is -0.423. The molecule has 0 saturated carbocycles. The smallest absolute Gasteiger partial charge is 0.254 e. The minimum Gasteiger partial charge on any atom is -0.493 e. The monoisotopic (exact) mass is 397 g/mol. The molecular weight excluding hydrogens is 377 g/mol. The lowest BCUT2D eigenvalue weighted by Gasteiger charge is -2.14. The van der Waals surface area contributed by atoms with Crippen LogP contribution in [0.3, 0.4) is 0 Å². The fourth-order valence-corrected chi connectivity index (χ4v) is 2.85. The average molecular weight is 397 g/mol. The Bertz CT molecular complexity index is 1090. The molecule has 1 aromatic heterocycles. The van der Waals surface area contributed by atoms with Crippen molar-refractivity contribution in [2.45, 2.75) is 13.5 Å². The number of benzene rings is 2. The van der Waals surface area contributed by atoms with E-state index in [1.54, 1.807) is 25.1 Å². The number of carbonyl (C=O) groups is 1. The van der Waals surface area contributed by atoms with Crippen molar-refractivity contribution in [1.82, 2.24) is 9.55 Å². The van der Waals surface area contributed by atoms with Gasteiger partial charge in [-0.15, -0.1) is 0 Å². The van der Waals surface area contributed by atoms with Crippen LogP contribution in [0.5, 0.6) is 11.5 Å². The molecule has 0 radical (unpaired) electrons. The molecular formula is C21H20FN3O4. The van der Waals surface area contributed by atoms with Crippen LogP contribution in [0.2, 0.25) is 0 Å². The first-order valence-electron chi connectivity index (χ1n) is 8.77. The largest absolute Gasteiger partial charge is 0.493 e. The van der Waals surface area contributed by atoms with E-state index < -0.39 is 11.7 Å². The molecule has 1 heterocycles. The standard InChI is InChI=1S/C21H20FN3O4/c1-13-10-20(27)25(21(23-13)14-4-6-15(22)7-5-14)12-19(26)24-16-8-9-17(28-2)18(11-16)29-3/h4-11H,12H2,1-3H3,(H,24,26). The van der Waals surface area contributed by atoms with E-state index >= 15 is 0 Å². The Hall–Kier alpha value is -3.68. The average Bonchev–Trinajstić information content (AvgIpc) is 2.70. The summed E-state index contributed by atoms with van der Waals surface area (Å²) in [6, 6.07) is 11.9. The SMILES string of the molecule is COc1ccc(NC(=O)Cn2c(-c3ccc(F)cc3)nc(C)cc2=O)cc1OC. The van der Waals surface area contributed by atoms with Gasteiger partial charge in [-0.3, -0.25) is 14.2 Å². The number of nitrogens with zero attached hydrogens (tertiary/aromatic N) is 2. The number of rotatable bonds is 6. The van der Waals surface area contributed by atoms with Gasteiger partial charge in [-0.2, -0.15) is 0 Å². The summed E-state index contributed by atoms with van der Waals surface area (Å²) in [6.45, 7) is 1.43. The number of anilines is 1. The van der Waals surface area contributed by atoms with Crippen LogP contribution in [0.15, 0.2) is 53.3 Å². The highest BCUT2D eigenvalue weighted by Gasteiger charge is 2.14. The van der Waals surface area contributed by atoms with Gasteiger partial charge in [0.15, 0.2) is 11.5 Å². The molecule has 0 fully saturated rings. The van der Waals surface area contributed by atoms with Gasteiger partial charge in [-0.1, -0.05) is 0 Å². The molecule has 0 aliphatic heterocycles. The van der Waals surface area contributed by atoms with Crippen LogP contribution in [0, 0.1) is 12.7 Å². The molecule has 0 saturated heterocycles. The lowest BCUT2D eigenvalue weighted by Crippen LogP contribution is -2.29. The highest BCUT2D eigenvalue weighted by molar-refractivity contribution is 5.91. The second-order valence-corrected chi connectivity index (χ2v) is 6.27. The van der Waals surface area contributed by atoms with E-state index in [-0.39, 0.29) is 17.9 Å². The Balaban J connectivity index is 1.89. The molecule has 0 unspecified atom stereocenters. The van der Waals surface area contributed by atoms with Crippen molar-refractivity contribution in [2.75, 3.05) is 19.5 Å². The Labute approximate surface area is 166 Å². The van der Waals surface area contributed by atoms with E-state index in [1.165, 1.54) is 49.1 Å². The van der Waals surface area contributed by atoms with Gasteiger partial charge < -0.3 is 14.8 Å². The van der Waals surface area contributed by atoms with Crippen molar-refractivity contribution in [3.8, 4) is 22.9 Å². The molecule has 0 aliphatic rings. The van der Waals surface area contributed by atoms with Crippen molar-refractivity contribution >= 4 is 11.6 Å². The first-order valence-corrected chi connectivity index (χ1v) is 8.77. The van der Waals surface area contributed by atoms with Crippen LogP contribution in [-0.4, -0.2) is 29.7 Å². The predicted octanol–water partition coefficient (Wildman–Crippen LogP) is 3.01. The van der Waals surface area contributed by atoms with Crippen LogP contribution >= 0.6 is 0 Å². The maximum Gasteiger partial charge on any atom is 0.254 e. The third-order valence-electron chi connectivity index (χ3n) is 4.21. The fraction of sp³-hybridized carbons (Fsp3) is 0.190. The van der Waals surface area contributed by atoms with Crippen molar-refractivity contribution in [1.29, 1.82) is 0 Å². The number of aryl methyl sites for hydroxylation is 1. The molecule has 8 heteroatoms. The number of nitrogens with one attached hydrogen (secondary N) is 1. The number of hydrogen-bond acceptors (Lipinski definition) is 5. The topological polar surface area (TPSA) is 82.5 Å². The summed E-state index contributed by atoms with van der Waals surface area (Å²) in [6.07, 6.45) is 0. The molecule has 0 bridgehead atoms. The van der Waals surface area contributed by atoms with Crippen LogP contribution in [0.4, 0.5) is 10.1 Å². The Morgan fingerprint density at radius 3 is 2.41 bits per heavy atom. The molecule has 0 aliphatic carbocycles. The summed E-state index contributed by atoms with van der Waals surface area (Å²) < 4.78 is 24.9. The van der Waals surface area contributed by atoms with Gasteiger partial charge >= 0.3 is 0 Å². The van der Waals surface area contributed by atoms with E-state index in [0.717, 1.165) is 0 Å². The van der Waals surface area contributed by atoms with E-state index in [4.69, 9.17) is 9.47 Å². The van der Waals surface area contributed by atoms with Gasteiger partial charge in [0.05, 0.1) is 14.2 Å².